The lowest BCUT2D eigenvalue weighted by molar-refractivity contribution is 0.0977. The average Bonchev–Trinajstić information content (AvgIpc) is 2.55. The van der Waals surface area contributed by atoms with E-state index in [1.807, 2.05) is 42.5 Å². The highest BCUT2D eigenvalue weighted by Crippen LogP contribution is 2.22. The molecule has 0 aliphatic rings. The summed E-state index contributed by atoms with van der Waals surface area (Å²) >= 11 is 5.80. The molecule has 0 radical (unpaired) electrons. The molecule has 4 nitrogen and oxygen atoms in total. The van der Waals surface area contributed by atoms with E-state index in [1.165, 1.54) is 0 Å². The molecule has 0 aliphatic heterocycles. The highest BCUT2D eigenvalue weighted by atomic mass is 35.5. The van der Waals surface area contributed by atoms with Gasteiger partial charge in [-0.1, -0.05) is 48.0 Å². The molecule has 0 bridgehead atoms. The van der Waals surface area contributed by atoms with Gasteiger partial charge in [0, 0.05) is 21.7 Å². The van der Waals surface area contributed by atoms with Gasteiger partial charge in [0.25, 0.3) is 5.91 Å². The zero-order chi connectivity index (χ0) is 16.2. The number of halogens is 1. The highest BCUT2D eigenvalue weighted by Gasteiger charge is 2.09. The van der Waals surface area contributed by atoms with Gasteiger partial charge in [-0.15, -0.1) is 0 Å². The minimum absolute atomic E-state index is 0.0821. The van der Waals surface area contributed by atoms with E-state index in [0.717, 1.165) is 16.5 Å². The Bertz CT molecular complexity index is 870. The molecule has 0 saturated heterocycles. The maximum Gasteiger partial charge on any atom is 0.257 e. The summed E-state index contributed by atoms with van der Waals surface area (Å²) in [6.07, 6.45) is 0. The molecule has 0 heterocycles. The number of carbonyl (C=O) groups is 1. The summed E-state index contributed by atoms with van der Waals surface area (Å²) in [5, 5.41) is 16.0. The first-order valence-corrected chi connectivity index (χ1v) is 7.41. The Labute approximate surface area is 138 Å². The average molecular weight is 324 g/mol. The number of rotatable bonds is 2. The van der Waals surface area contributed by atoms with Gasteiger partial charge in [-0.05, 0) is 35.7 Å². The van der Waals surface area contributed by atoms with Gasteiger partial charge in [0.15, 0.2) is 5.96 Å². The molecule has 0 atom stereocenters. The lowest BCUT2D eigenvalue weighted by Gasteiger charge is -2.11. The molecule has 0 saturated carbocycles. The van der Waals surface area contributed by atoms with Crippen molar-refractivity contribution in [1.29, 1.82) is 5.41 Å². The molecule has 3 rings (SSSR count). The summed E-state index contributed by atoms with van der Waals surface area (Å²) in [7, 11) is 0. The van der Waals surface area contributed by atoms with Crippen molar-refractivity contribution < 1.29 is 4.79 Å². The highest BCUT2D eigenvalue weighted by molar-refractivity contribution is 6.30. The van der Waals surface area contributed by atoms with Crippen LogP contribution in [0.2, 0.25) is 5.02 Å². The minimum Gasteiger partial charge on any atom is -0.326 e. The first kappa shape index (κ1) is 15.1. The summed E-state index contributed by atoms with van der Waals surface area (Å²) in [6.45, 7) is 0. The molecule has 3 N–H and O–H groups in total. The zero-order valence-electron chi connectivity index (χ0n) is 12.1. The smallest absolute Gasteiger partial charge is 0.257 e. The Morgan fingerprint density at radius 3 is 2.39 bits per heavy atom. The quantitative estimate of drug-likeness (QED) is 0.487. The fraction of sp³-hybridized carbons (Fsp3) is 0. The van der Waals surface area contributed by atoms with Crippen LogP contribution in [0.4, 0.5) is 5.69 Å². The second-order valence-electron chi connectivity index (χ2n) is 4.99. The van der Waals surface area contributed by atoms with E-state index in [2.05, 4.69) is 10.6 Å². The fourth-order valence-electron chi connectivity index (χ4n) is 2.29. The number of carbonyl (C=O) groups excluding carboxylic acids is 1. The van der Waals surface area contributed by atoms with Crippen molar-refractivity contribution in [2.24, 2.45) is 0 Å². The third-order valence-electron chi connectivity index (χ3n) is 3.39. The van der Waals surface area contributed by atoms with Crippen LogP contribution in [0.15, 0.2) is 66.7 Å². The van der Waals surface area contributed by atoms with Gasteiger partial charge in [-0.3, -0.25) is 15.5 Å². The molecular formula is C18H14ClN3O. The predicted molar refractivity (Wildman–Crippen MR) is 94.2 cm³/mol. The first-order chi connectivity index (χ1) is 11.1. The molecule has 5 heteroatoms. The SMILES string of the molecule is N=C(NC(=O)c1ccc(Cl)cc1)Nc1cccc2ccccc12. The van der Waals surface area contributed by atoms with Crippen molar-refractivity contribution in [2.45, 2.75) is 0 Å². The van der Waals surface area contributed by atoms with Crippen molar-refractivity contribution in [2.75, 3.05) is 5.32 Å². The van der Waals surface area contributed by atoms with E-state index >= 15 is 0 Å². The van der Waals surface area contributed by atoms with Gasteiger partial charge in [-0.2, -0.15) is 0 Å². The van der Waals surface area contributed by atoms with Crippen molar-refractivity contribution in [3.63, 3.8) is 0 Å². The molecule has 0 aromatic heterocycles. The molecule has 0 spiro atoms. The molecule has 3 aromatic rings. The van der Waals surface area contributed by atoms with Gasteiger partial charge >= 0.3 is 0 Å². The number of nitrogens with one attached hydrogen (secondary N) is 3. The van der Waals surface area contributed by atoms with Crippen LogP contribution in [0.3, 0.4) is 0 Å². The van der Waals surface area contributed by atoms with Crippen LogP contribution in [0.1, 0.15) is 10.4 Å². The number of hydrogen-bond acceptors (Lipinski definition) is 2. The van der Waals surface area contributed by atoms with Crippen LogP contribution in [0, 0.1) is 5.41 Å². The van der Waals surface area contributed by atoms with Crippen molar-refractivity contribution >= 4 is 39.9 Å². The number of anilines is 1. The normalized spacial score (nSPS) is 10.3. The largest absolute Gasteiger partial charge is 0.326 e. The molecule has 1 amide bonds. The van der Waals surface area contributed by atoms with Gasteiger partial charge < -0.3 is 5.32 Å². The predicted octanol–water partition coefficient (Wildman–Crippen LogP) is 4.27. The summed E-state index contributed by atoms with van der Waals surface area (Å²) < 4.78 is 0. The van der Waals surface area contributed by atoms with Crippen molar-refractivity contribution in [1.82, 2.24) is 5.32 Å². The topological polar surface area (TPSA) is 65.0 Å². The zero-order valence-corrected chi connectivity index (χ0v) is 12.9. The second kappa shape index (κ2) is 6.50. The number of fused-ring (bicyclic) bond motifs is 1. The lowest BCUT2D eigenvalue weighted by atomic mass is 10.1. The molecular weight excluding hydrogens is 310 g/mol. The van der Waals surface area contributed by atoms with Gasteiger partial charge in [0.1, 0.15) is 0 Å². The Balaban J connectivity index is 1.74. The van der Waals surface area contributed by atoms with Crippen LogP contribution in [-0.2, 0) is 0 Å². The van der Waals surface area contributed by atoms with E-state index < -0.39 is 0 Å². The third-order valence-corrected chi connectivity index (χ3v) is 3.65. The van der Waals surface area contributed by atoms with Gasteiger partial charge in [-0.25, -0.2) is 0 Å². The van der Waals surface area contributed by atoms with Crippen LogP contribution < -0.4 is 10.6 Å². The summed E-state index contributed by atoms with van der Waals surface area (Å²) in [4.78, 5) is 12.1. The monoisotopic (exact) mass is 323 g/mol. The van der Waals surface area contributed by atoms with Crippen LogP contribution in [-0.4, -0.2) is 11.9 Å². The third kappa shape index (κ3) is 3.49. The van der Waals surface area contributed by atoms with Crippen LogP contribution in [0.25, 0.3) is 10.8 Å². The summed E-state index contributed by atoms with van der Waals surface area (Å²) in [6, 6.07) is 20.1. The molecule has 0 aliphatic carbocycles. The number of amides is 1. The summed E-state index contributed by atoms with van der Waals surface area (Å²) in [5.74, 6) is -0.444. The molecule has 0 fully saturated rings. The van der Waals surface area contributed by atoms with E-state index in [1.54, 1.807) is 24.3 Å². The number of guanidine groups is 1. The van der Waals surface area contributed by atoms with E-state index in [4.69, 9.17) is 17.0 Å². The van der Waals surface area contributed by atoms with Crippen LogP contribution in [0.5, 0.6) is 0 Å². The fourth-order valence-corrected chi connectivity index (χ4v) is 2.41. The molecule has 114 valence electrons. The Hall–Kier alpha value is -2.85. The number of benzene rings is 3. The molecule has 0 unspecified atom stereocenters. The number of hydrogen-bond donors (Lipinski definition) is 3. The molecule has 3 aromatic carbocycles. The first-order valence-electron chi connectivity index (χ1n) is 7.04. The second-order valence-corrected chi connectivity index (χ2v) is 5.42. The Morgan fingerprint density at radius 1 is 0.913 bits per heavy atom. The van der Waals surface area contributed by atoms with Gasteiger partial charge in [0.05, 0.1) is 0 Å². The maximum atomic E-state index is 12.1. The van der Waals surface area contributed by atoms with E-state index in [-0.39, 0.29) is 11.9 Å². The van der Waals surface area contributed by atoms with Crippen molar-refractivity contribution in [3.8, 4) is 0 Å². The molecule has 23 heavy (non-hydrogen) atoms. The maximum absolute atomic E-state index is 12.1. The van der Waals surface area contributed by atoms with Gasteiger partial charge in [0.2, 0.25) is 0 Å². The van der Waals surface area contributed by atoms with Crippen LogP contribution >= 0.6 is 11.6 Å². The Morgan fingerprint density at radius 2 is 1.61 bits per heavy atom. The van der Waals surface area contributed by atoms with Crippen molar-refractivity contribution in [3.05, 3.63) is 77.3 Å². The summed E-state index contributed by atoms with van der Waals surface area (Å²) in [5.41, 5.74) is 1.21. The Kier molecular flexibility index (Phi) is 4.26. The standard InChI is InChI=1S/C18H14ClN3O/c19-14-10-8-13(9-11-14)17(23)22-18(20)21-16-7-3-5-12-4-1-2-6-15(12)16/h1-11H,(H3,20,21,22,23). The van der Waals surface area contributed by atoms with E-state index in [0.29, 0.717) is 10.6 Å². The lowest BCUT2D eigenvalue weighted by Crippen LogP contribution is -2.35. The minimum atomic E-state index is -0.362. The van der Waals surface area contributed by atoms with E-state index in [9.17, 15) is 4.79 Å².